The fourth-order valence-corrected chi connectivity index (χ4v) is 1.06. The second-order valence-corrected chi connectivity index (χ2v) is 2.64. The van der Waals surface area contributed by atoms with Crippen LogP contribution in [-0.4, -0.2) is 12.0 Å². The van der Waals surface area contributed by atoms with Crippen molar-refractivity contribution in [2.45, 2.75) is 20.8 Å². The van der Waals surface area contributed by atoms with Gasteiger partial charge in [0.05, 0.1) is 17.7 Å². The van der Waals surface area contributed by atoms with Crippen LogP contribution in [0.25, 0.3) is 0 Å². The molecule has 0 aliphatic carbocycles. The molecule has 1 aromatic carbocycles. The van der Waals surface area contributed by atoms with Gasteiger partial charge in [-0.3, -0.25) is 10.1 Å². The summed E-state index contributed by atoms with van der Waals surface area (Å²) >= 11 is 0. The molecule has 1 aromatic rings. The zero-order valence-corrected chi connectivity index (χ0v) is 9.40. The first kappa shape index (κ1) is 13.2. The van der Waals surface area contributed by atoms with Crippen LogP contribution in [0.4, 0.5) is 11.4 Å². The lowest BCUT2D eigenvalue weighted by Crippen LogP contribution is -1.97. The van der Waals surface area contributed by atoms with Gasteiger partial charge in [-0.2, -0.15) is 0 Å². The summed E-state index contributed by atoms with van der Waals surface area (Å²) in [7, 11) is 1.47. The van der Waals surface area contributed by atoms with Crippen LogP contribution in [0.1, 0.15) is 19.4 Å². The van der Waals surface area contributed by atoms with Gasteiger partial charge in [-0.15, -0.1) is 0 Å². The standard InChI is InChI=1S/C8H10N2O3.C2H6/c1-5-3-8(13-2)6(9)4-7(5)10(11)12;1-2/h3-4H,9H2,1-2H3;1-2H3. The van der Waals surface area contributed by atoms with Crippen molar-refractivity contribution in [3.8, 4) is 5.75 Å². The summed E-state index contributed by atoms with van der Waals surface area (Å²) in [4.78, 5) is 10.0. The van der Waals surface area contributed by atoms with E-state index in [1.54, 1.807) is 13.0 Å². The van der Waals surface area contributed by atoms with Crippen LogP contribution >= 0.6 is 0 Å². The molecule has 84 valence electrons. The number of nitrogens with zero attached hydrogens (tertiary/aromatic N) is 1. The smallest absolute Gasteiger partial charge is 0.274 e. The van der Waals surface area contributed by atoms with Crippen molar-refractivity contribution in [1.29, 1.82) is 0 Å². The van der Waals surface area contributed by atoms with Crippen molar-refractivity contribution < 1.29 is 9.66 Å². The molecule has 2 N–H and O–H groups in total. The van der Waals surface area contributed by atoms with Crippen molar-refractivity contribution in [2.24, 2.45) is 0 Å². The highest BCUT2D eigenvalue weighted by atomic mass is 16.6. The van der Waals surface area contributed by atoms with Crippen molar-refractivity contribution in [3.63, 3.8) is 0 Å². The number of hydrogen-bond donors (Lipinski definition) is 1. The van der Waals surface area contributed by atoms with Gasteiger partial charge in [0.2, 0.25) is 0 Å². The number of nitrogens with two attached hydrogens (primary N) is 1. The molecule has 15 heavy (non-hydrogen) atoms. The SMILES string of the molecule is CC.COc1cc(C)c([N+](=O)[O-])cc1N. The highest BCUT2D eigenvalue weighted by Gasteiger charge is 2.13. The molecule has 1 rings (SSSR count). The lowest BCUT2D eigenvalue weighted by molar-refractivity contribution is -0.385. The minimum absolute atomic E-state index is 0.0123. The van der Waals surface area contributed by atoms with Crippen LogP contribution in [0.2, 0.25) is 0 Å². The Kier molecular flexibility index (Phi) is 5.15. The number of nitro benzene ring substituents is 1. The van der Waals surface area contributed by atoms with E-state index in [0.29, 0.717) is 11.3 Å². The summed E-state index contributed by atoms with van der Waals surface area (Å²) in [6.45, 7) is 5.64. The Bertz CT molecular complexity index is 351. The number of nitro groups is 1. The molecule has 5 heteroatoms. The zero-order chi connectivity index (χ0) is 12.0. The first-order valence-electron chi connectivity index (χ1n) is 4.64. The van der Waals surface area contributed by atoms with Gasteiger partial charge in [0.25, 0.3) is 5.69 Å². The highest BCUT2D eigenvalue weighted by Crippen LogP contribution is 2.29. The molecule has 0 unspecified atom stereocenters. The Hall–Kier alpha value is -1.78. The first-order valence-corrected chi connectivity index (χ1v) is 4.64. The largest absolute Gasteiger partial charge is 0.495 e. The molecule has 0 bridgehead atoms. The predicted molar refractivity (Wildman–Crippen MR) is 60.1 cm³/mol. The predicted octanol–water partition coefficient (Wildman–Crippen LogP) is 2.52. The second kappa shape index (κ2) is 5.85. The minimum atomic E-state index is -0.467. The molecule has 0 aliphatic rings. The van der Waals surface area contributed by atoms with E-state index in [9.17, 15) is 10.1 Å². The Morgan fingerprint density at radius 1 is 1.40 bits per heavy atom. The first-order chi connectivity index (χ1) is 7.06. The van der Waals surface area contributed by atoms with Gasteiger partial charge in [-0.1, -0.05) is 13.8 Å². The van der Waals surface area contributed by atoms with Crippen molar-refractivity contribution >= 4 is 11.4 Å². The van der Waals surface area contributed by atoms with E-state index in [2.05, 4.69) is 0 Å². The van der Waals surface area contributed by atoms with E-state index in [1.165, 1.54) is 13.2 Å². The highest BCUT2D eigenvalue weighted by molar-refractivity contribution is 5.61. The van der Waals surface area contributed by atoms with Crippen molar-refractivity contribution in [3.05, 3.63) is 27.8 Å². The molecule has 0 aliphatic heterocycles. The van der Waals surface area contributed by atoms with Gasteiger partial charge < -0.3 is 10.5 Å². The van der Waals surface area contributed by atoms with E-state index in [4.69, 9.17) is 10.5 Å². The zero-order valence-electron chi connectivity index (χ0n) is 9.40. The van der Waals surface area contributed by atoms with Crippen LogP contribution in [0.3, 0.4) is 0 Å². The fraction of sp³-hybridized carbons (Fsp3) is 0.400. The normalized spacial score (nSPS) is 8.80. The molecule has 0 saturated carbocycles. The monoisotopic (exact) mass is 212 g/mol. The van der Waals surface area contributed by atoms with Gasteiger partial charge in [0.15, 0.2) is 0 Å². The van der Waals surface area contributed by atoms with Gasteiger partial charge >= 0.3 is 0 Å². The number of ether oxygens (including phenoxy) is 1. The fourth-order valence-electron chi connectivity index (χ4n) is 1.06. The average Bonchev–Trinajstić information content (AvgIpc) is 2.23. The topological polar surface area (TPSA) is 78.4 Å². The Morgan fingerprint density at radius 2 is 1.93 bits per heavy atom. The third-order valence-corrected chi connectivity index (χ3v) is 1.74. The van der Waals surface area contributed by atoms with Crippen molar-refractivity contribution in [1.82, 2.24) is 0 Å². The number of aryl methyl sites for hydroxylation is 1. The number of methoxy groups -OCH3 is 1. The summed E-state index contributed by atoms with van der Waals surface area (Å²) in [5, 5.41) is 10.5. The van der Waals surface area contributed by atoms with E-state index in [-0.39, 0.29) is 11.4 Å². The maximum absolute atomic E-state index is 10.5. The number of nitrogen functional groups attached to an aromatic ring is 1. The van der Waals surface area contributed by atoms with Crippen LogP contribution < -0.4 is 10.5 Å². The molecule has 0 spiro atoms. The Morgan fingerprint density at radius 3 is 2.33 bits per heavy atom. The molecular weight excluding hydrogens is 196 g/mol. The molecule has 0 saturated heterocycles. The Labute approximate surface area is 89.0 Å². The van der Waals surface area contributed by atoms with Gasteiger partial charge in [0, 0.05) is 11.6 Å². The summed E-state index contributed by atoms with van der Waals surface area (Å²) in [6, 6.07) is 2.85. The molecular formula is C10H16N2O3. The van der Waals surface area contributed by atoms with Gasteiger partial charge in [-0.05, 0) is 13.0 Å². The quantitative estimate of drug-likeness (QED) is 0.464. The molecule has 5 nitrogen and oxygen atoms in total. The minimum Gasteiger partial charge on any atom is -0.495 e. The Balaban J connectivity index is 0.000000921. The number of hydrogen-bond acceptors (Lipinski definition) is 4. The van der Waals surface area contributed by atoms with Crippen LogP contribution in [0.5, 0.6) is 5.75 Å². The van der Waals surface area contributed by atoms with Gasteiger partial charge in [0.1, 0.15) is 5.75 Å². The maximum Gasteiger partial charge on any atom is 0.274 e. The third kappa shape index (κ3) is 3.12. The van der Waals surface area contributed by atoms with Crippen LogP contribution in [-0.2, 0) is 0 Å². The molecule has 0 aromatic heterocycles. The summed E-state index contributed by atoms with van der Waals surface area (Å²) in [5.74, 6) is 0.461. The van der Waals surface area contributed by atoms with Crippen LogP contribution in [0.15, 0.2) is 12.1 Å². The summed E-state index contributed by atoms with van der Waals surface area (Å²) in [5.41, 5.74) is 6.34. The number of rotatable bonds is 2. The molecule has 0 heterocycles. The van der Waals surface area contributed by atoms with E-state index in [1.807, 2.05) is 13.8 Å². The average molecular weight is 212 g/mol. The third-order valence-electron chi connectivity index (χ3n) is 1.74. The number of anilines is 1. The summed E-state index contributed by atoms with van der Waals surface area (Å²) < 4.78 is 4.91. The van der Waals surface area contributed by atoms with Crippen LogP contribution in [0, 0.1) is 17.0 Å². The molecule has 0 fully saturated rings. The van der Waals surface area contributed by atoms with Crippen molar-refractivity contribution in [2.75, 3.05) is 12.8 Å². The molecule has 0 radical (unpaired) electrons. The van der Waals surface area contributed by atoms with E-state index >= 15 is 0 Å². The second-order valence-electron chi connectivity index (χ2n) is 2.64. The lowest BCUT2D eigenvalue weighted by atomic mass is 10.1. The summed E-state index contributed by atoms with van der Waals surface area (Å²) in [6.07, 6.45) is 0. The number of benzene rings is 1. The maximum atomic E-state index is 10.5. The van der Waals surface area contributed by atoms with E-state index in [0.717, 1.165) is 0 Å². The molecule has 0 atom stereocenters. The molecule has 0 amide bonds. The van der Waals surface area contributed by atoms with E-state index < -0.39 is 4.92 Å². The lowest BCUT2D eigenvalue weighted by Gasteiger charge is -2.05. The van der Waals surface area contributed by atoms with Gasteiger partial charge in [-0.25, -0.2) is 0 Å².